The Hall–Kier alpha value is -1.44. The van der Waals surface area contributed by atoms with Crippen LogP contribution in [0.5, 0.6) is 0 Å². The van der Waals surface area contributed by atoms with Gasteiger partial charge in [0.05, 0.1) is 6.04 Å². The zero-order chi connectivity index (χ0) is 13.8. The first-order valence-electron chi connectivity index (χ1n) is 6.51. The van der Waals surface area contributed by atoms with Crippen LogP contribution in [0, 0.1) is 11.5 Å². The van der Waals surface area contributed by atoms with E-state index in [0.717, 1.165) is 12.8 Å². The van der Waals surface area contributed by atoms with Crippen LogP contribution in [-0.4, -0.2) is 47.2 Å². The van der Waals surface area contributed by atoms with Crippen molar-refractivity contribution in [3.05, 3.63) is 0 Å². The van der Waals surface area contributed by atoms with Crippen molar-refractivity contribution in [2.24, 2.45) is 0 Å². The van der Waals surface area contributed by atoms with Crippen LogP contribution in [0.3, 0.4) is 0 Å². The van der Waals surface area contributed by atoms with Crippen molar-refractivity contribution in [1.29, 1.82) is 5.26 Å². The molecule has 1 aliphatic heterocycles. The molecule has 1 rings (SSSR count). The Labute approximate surface area is 109 Å². The van der Waals surface area contributed by atoms with Crippen molar-refractivity contribution in [3.8, 4) is 6.19 Å². The standard InChI is InChI=1S/C13H23N3O2/c1-5-6-11-9-15(7-8-16(11)10-14)12(17)18-13(2,3)4/h11H,5-9H2,1-4H3/t11-/m0/s1. The molecule has 102 valence electrons. The molecule has 0 radical (unpaired) electrons. The summed E-state index contributed by atoms with van der Waals surface area (Å²) in [6, 6.07) is 0.126. The highest BCUT2D eigenvalue weighted by Crippen LogP contribution is 2.17. The van der Waals surface area contributed by atoms with Crippen LogP contribution < -0.4 is 0 Å². The van der Waals surface area contributed by atoms with Crippen molar-refractivity contribution >= 4 is 6.09 Å². The minimum atomic E-state index is -0.469. The summed E-state index contributed by atoms with van der Waals surface area (Å²) in [7, 11) is 0. The van der Waals surface area contributed by atoms with E-state index in [1.54, 1.807) is 9.80 Å². The summed E-state index contributed by atoms with van der Waals surface area (Å²) in [4.78, 5) is 15.4. The molecule has 1 aliphatic rings. The van der Waals surface area contributed by atoms with Crippen LogP contribution in [0.2, 0.25) is 0 Å². The minimum Gasteiger partial charge on any atom is -0.444 e. The number of piperazine rings is 1. The van der Waals surface area contributed by atoms with Crippen molar-refractivity contribution in [2.75, 3.05) is 19.6 Å². The SMILES string of the molecule is CCC[C@H]1CN(C(=O)OC(C)(C)C)CCN1C#N. The monoisotopic (exact) mass is 253 g/mol. The van der Waals surface area contributed by atoms with Gasteiger partial charge in [0.2, 0.25) is 0 Å². The number of nitrogens with zero attached hydrogens (tertiary/aromatic N) is 3. The second-order valence-corrected chi connectivity index (χ2v) is 5.66. The van der Waals surface area contributed by atoms with E-state index >= 15 is 0 Å². The molecule has 0 aromatic rings. The van der Waals surface area contributed by atoms with Gasteiger partial charge in [-0.05, 0) is 27.2 Å². The van der Waals surface area contributed by atoms with Crippen LogP contribution in [0.1, 0.15) is 40.5 Å². The Morgan fingerprint density at radius 2 is 2.11 bits per heavy atom. The maximum absolute atomic E-state index is 12.0. The van der Waals surface area contributed by atoms with E-state index < -0.39 is 5.60 Å². The lowest BCUT2D eigenvalue weighted by Gasteiger charge is -2.38. The molecule has 1 amide bonds. The molecule has 0 saturated carbocycles. The second kappa shape index (κ2) is 5.94. The molecule has 5 nitrogen and oxygen atoms in total. The third-order valence-electron chi connectivity index (χ3n) is 2.88. The fourth-order valence-electron chi connectivity index (χ4n) is 2.06. The van der Waals surface area contributed by atoms with Gasteiger partial charge < -0.3 is 14.5 Å². The molecule has 0 aromatic carbocycles. The number of rotatable bonds is 2. The average Bonchev–Trinajstić information content (AvgIpc) is 2.27. The van der Waals surface area contributed by atoms with Gasteiger partial charge in [0.1, 0.15) is 5.60 Å². The summed E-state index contributed by atoms with van der Waals surface area (Å²) in [6.45, 7) is 9.40. The normalized spacial score (nSPS) is 20.5. The van der Waals surface area contributed by atoms with Crippen molar-refractivity contribution in [1.82, 2.24) is 9.80 Å². The highest BCUT2D eigenvalue weighted by molar-refractivity contribution is 5.68. The molecule has 0 N–H and O–H groups in total. The number of hydrogen-bond acceptors (Lipinski definition) is 4. The van der Waals surface area contributed by atoms with E-state index in [-0.39, 0.29) is 12.1 Å². The number of hydrogen-bond donors (Lipinski definition) is 0. The second-order valence-electron chi connectivity index (χ2n) is 5.66. The quantitative estimate of drug-likeness (QED) is 0.708. The Kier molecular flexibility index (Phi) is 4.83. The summed E-state index contributed by atoms with van der Waals surface area (Å²) >= 11 is 0. The lowest BCUT2D eigenvalue weighted by atomic mass is 10.1. The summed E-state index contributed by atoms with van der Waals surface area (Å²) in [6.07, 6.45) is 3.85. The van der Waals surface area contributed by atoms with Crippen molar-refractivity contribution in [3.63, 3.8) is 0 Å². The fraction of sp³-hybridized carbons (Fsp3) is 0.846. The van der Waals surface area contributed by atoms with Gasteiger partial charge in [-0.3, -0.25) is 0 Å². The first kappa shape index (κ1) is 14.6. The highest BCUT2D eigenvalue weighted by Gasteiger charge is 2.30. The molecule has 0 aliphatic carbocycles. The van der Waals surface area contributed by atoms with E-state index in [2.05, 4.69) is 13.1 Å². The molecule has 5 heteroatoms. The molecule has 1 fully saturated rings. The molecule has 18 heavy (non-hydrogen) atoms. The third kappa shape index (κ3) is 4.10. The smallest absolute Gasteiger partial charge is 0.410 e. The zero-order valence-electron chi connectivity index (χ0n) is 11.8. The molecule has 0 bridgehead atoms. The van der Waals surface area contributed by atoms with E-state index in [1.165, 1.54) is 0 Å². The first-order valence-corrected chi connectivity index (χ1v) is 6.51. The molecule has 0 spiro atoms. The summed E-state index contributed by atoms with van der Waals surface area (Å²) in [5.74, 6) is 0. The Morgan fingerprint density at radius 1 is 1.44 bits per heavy atom. The maximum atomic E-state index is 12.0. The molecule has 0 aromatic heterocycles. The topological polar surface area (TPSA) is 56.6 Å². The molecular weight excluding hydrogens is 230 g/mol. The summed E-state index contributed by atoms with van der Waals surface area (Å²) in [5, 5.41) is 9.04. The lowest BCUT2D eigenvalue weighted by molar-refractivity contribution is 0.0102. The van der Waals surface area contributed by atoms with E-state index in [9.17, 15) is 4.79 Å². The molecule has 1 heterocycles. The fourth-order valence-corrected chi connectivity index (χ4v) is 2.06. The predicted molar refractivity (Wildman–Crippen MR) is 68.8 cm³/mol. The number of amides is 1. The zero-order valence-corrected chi connectivity index (χ0v) is 11.8. The van der Waals surface area contributed by atoms with Crippen molar-refractivity contribution < 1.29 is 9.53 Å². The van der Waals surface area contributed by atoms with Crippen LogP contribution in [0.4, 0.5) is 4.79 Å². The Morgan fingerprint density at radius 3 is 2.61 bits per heavy atom. The van der Waals surface area contributed by atoms with Crippen LogP contribution in [0.25, 0.3) is 0 Å². The van der Waals surface area contributed by atoms with Gasteiger partial charge in [0, 0.05) is 19.6 Å². The first-order chi connectivity index (χ1) is 8.37. The van der Waals surface area contributed by atoms with E-state index in [0.29, 0.717) is 19.6 Å². The van der Waals surface area contributed by atoms with Crippen LogP contribution in [-0.2, 0) is 4.74 Å². The van der Waals surface area contributed by atoms with E-state index in [4.69, 9.17) is 10.00 Å². The molecule has 1 saturated heterocycles. The van der Waals surface area contributed by atoms with Gasteiger partial charge >= 0.3 is 6.09 Å². The van der Waals surface area contributed by atoms with Crippen LogP contribution in [0.15, 0.2) is 0 Å². The predicted octanol–water partition coefficient (Wildman–Crippen LogP) is 2.19. The lowest BCUT2D eigenvalue weighted by Crippen LogP contribution is -2.53. The summed E-state index contributed by atoms with van der Waals surface area (Å²) in [5.41, 5.74) is -0.469. The maximum Gasteiger partial charge on any atom is 0.410 e. The van der Waals surface area contributed by atoms with Crippen LogP contribution >= 0.6 is 0 Å². The van der Waals surface area contributed by atoms with Gasteiger partial charge in [-0.1, -0.05) is 13.3 Å². The van der Waals surface area contributed by atoms with Gasteiger partial charge in [-0.15, -0.1) is 0 Å². The number of carbonyl (C=O) groups excluding carboxylic acids is 1. The minimum absolute atomic E-state index is 0.126. The molecule has 1 atom stereocenters. The van der Waals surface area contributed by atoms with Gasteiger partial charge in [0.25, 0.3) is 0 Å². The number of carbonyl (C=O) groups is 1. The molecular formula is C13H23N3O2. The Bertz CT molecular complexity index is 330. The van der Waals surface area contributed by atoms with Gasteiger partial charge in [0.15, 0.2) is 6.19 Å². The highest BCUT2D eigenvalue weighted by atomic mass is 16.6. The van der Waals surface area contributed by atoms with Gasteiger partial charge in [-0.25, -0.2) is 4.79 Å². The Balaban J connectivity index is 2.60. The average molecular weight is 253 g/mol. The molecule has 0 unspecified atom stereocenters. The third-order valence-corrected chi connectivity index (χ3v) is 2.88. The van der Waals surface area contributed by atoms with Crippen molar-refractivity contribution in [2.45, 2.75) is 52.2 Å². The summed E-state index contributed by atoms with van der Waals surface area (Å²) < 4.78 is 5.36. The number of ether oxygens (including phenoxy) is 1. The van der Waals surface area contributed by atoms with E-state index in [1.807, 2.05) is 20.8 Å². The number of nitriles is 1. The largest absolute Gasteiger partial charge is 0.444 e. The van der Waals surface area contributed by atoms with Gasteiger partial charge in [-0.2, -0.15) is 5.26 Å².